The van der Waals surface area contributed by atoms with Gasteiger partial charge >= 0.3 is 0 Å². The van der Waals surface area contributed by atoms with E-state index in [-0.39, 0.29) is 5.91 Å². The molecule has 2 rings (SSSR count). The Morgan fingerprint density at radius 2 is 1.95 bits per heavy atom. The molecule has 1 aliphatic carbocycles. The average Bonchev–Trinajstić information content (AvgIpc) is 2.92. The molecule has 4 nitrogen and oxygen atoms in total. The smallest absolute Gasteiger partial charge is 0.240 e. The lowest BCUT2D eigenvalue weighted by atomic mass is 9.98. The lowest BCUT2D eigenvalue weighted by Gasteiger charge is -2.23. The Morgan fingerprint density at radius 1 is 1.29 bits per heavy atom. The van der Waals surface area contributed by atoms with E-state index in [0.717, 1.165) is 45.2 Å². The topological polar surface area (TPSA) is 58.4 Å². The van der Waals surface area contributed by atoms with Gasteiger partial charge in [0.1, 0.15) is 0 Å². The van der Waals surface area contributed by atoms with E-state index < -0.39 is 5.54 Å². The van der Waals surface area contributed by atoms with Crippen LogP contribution in [0.1, 0.15) is 37.7 Å². The van der Waals surface area contributed by atoms with E-state index in [1.54, 1.807) is 0 Å². The molecule has 0 bridgehead atoms. The highest BCUT2D eigenvalue weighted by molar-refractivity contribution is 5.86. The van der Waals surface area contributed by atoms with Crippen LogP contribution in [0.25, 0.3) is 0 Å². The van der Waals surface area contributed by atoms with E-state index in [2.05, 4.69) is 41.5 Å². The molecule has 1 aliphatic rings. The second kappa shape index (κ2) is 7.57. The lowest BCUT2D eigenvalue weighted by Crippen LogP contribution is -2.52. The van der Waals surface area contributed by atoms with Crippen molar-refractivity contribution < 1.29 is 4.79 Å². The van der Waals surface area contributed by atoms with E-state index in [4.69, 9.17) is 5.73 Å². The van der Waals surface area contributed by atoms with Gasteiger partial charge in [0.2, 0.25) is 5.91 Å². The van der Waals surface area contributed by atoms with Gasteiger partial charge in [0.15, 0.2) is 0 Å². The minimum absolute atomic E-state index is 0.0331. The van der Waals surface area contributed by atoms with Crippen LogP contribution in [0.15, 0.2) is 30.3 Å². The molecule has 0 radical (unpaired) electrons. The van der Waals surface area contributed by atoms with E-state index >= 15 is 0 Å². The number of carbonyl (C=O) groups is 1. The van der Waals surface area contributed by atoms with Crippen LogP contribution in [-0.4, -0.2) is 36.5 Å². The van der Waals surface area contributed by atoms with Gasteiger partial charge in [0, 0.05) is 13.1 Å². The highest BCUT2D eigenvalue weighted by atomic mass is 16.2. The summed E-state index contributed by atoms with van der Waals surface area (Å²) in [5.74, 6) is 0.0331. The Bertz CT molecular complexity index is 441. The number of amides is 1. The molecule has 1 amide bonds. The molecule has 3 N–H and O–H groups in total. The average molecular weight is 289 g/mol. The number of rotatable bonds is 7. The van der Waals surface area contributed by atoms with Crippen LogP contribution >= 0.6 is 0 Å². The fourth-order valence-electron chi connectivity index (χ4n) is 2.93. The Labute approximate surface area is 127 Å². The van der Waals surface area contributed by atoms with Gasteiger partial charge in [-0.25, -0.2) is 0 Å². The van der Waals surface area contributed by atoms with Gasteiger partial charge in [0.25, 0.3) is 0 Å². The predicted molar refractivity (Wildman–Crippen MR) is 85.8 cm³/mol. The van der Waals surface area contributed by atoms with Gasteiger partial charge < -0.3 is 16.0 Å². The standard InChI is InChI=1S/C17H27N3O/c1-20(14-15-8-3-2-4-9-15)13-7-12-19-16(21)17(18)10-5-6-11-17/h2-4,8-9H,5-7,10-14,18H2,1H3,(H,19,21). The van der Waals surface area contributed by atoms with Crippen molar-refractivity contribution >= 4 is 5.91 Å². The first-order valence-corrected chi connectivity index (χ1v) is 7.90. The second-order valence-electron chi connectivity index (χ2n) is 6.20. The van der Waals surface area contributed by atoms with Gasteiger partial charge in [-0.1, -0.05) is 43.2 Å². The molecule has 0 aromatic heterocycles. The summed E-state index contributed by atoms with van der Waals surface area (Å²) >= 11 is 0. The maximum atomic E-state index is 12.1. The summed E-state index contributed by atoms with van der Waals surface area (Å²) < 4.78 is 0. The molecule has 0 aliphatic heterocycles. The predicted octanol–water partition coefficient (Wildman–Crippen LogP) is 1.90. The fraction of sp³-hybridized carbons (Fsp3) is 0.588. The van der Waals surface area contributed by atoms with Gasteiger partial charge in [-0.15, -0.1) is 0 Å². The summed E-state index contributed by atoms with van der Waals surface area (Å²) in [6.07, 6.45) is 4.75. The zero-order valence-corrected chi connectivity index (χ0v) is 13.0. The summed E-state index contributed by atoms with van der Waals surface area (Å²) in [6.45, 7) is 2.61. The Kier molecular flexibility index (Phi) is 5.76. The van der Waals surface area contributed by atoms with E-state index in [0.29, 0.717) is 6.54 Å². The molecule has 0 atom stereocenters. The third kappa shape index (κ3) is 4.83. The van der Waals surface area contributed by atoms with Crippen LogP contribution in [0.4, 0.5) is 0 Å². The maximum absolute atomic E-state index is 12.1. The number of hydrogen-bond donors (Lipinski definition) is 2. The van der Waals surface area contributed by atoms with Crippen molar-refractivity contribution in [2.75, 3.05) is 20.1 Å². The van der Waals surface area contributed by atoms with Crippen LogP contribution in [0, 0.1) is 0 Å². The van der Waals surface area contributed by atoms with Crippen LogP contribution in [0.3, 0.4) is 0 Å². The van der Waals surface area contributed by atoms with E-state index in [1.807, 2.05) is 6.07 Å². The molecule has 0 saturated heterocycles. The number of carbonyl (C=O) groups excluding carboxylic acids is 1. The molecule has 116 valence electrons. The van der Waals surface area contributed by atoms with E-state index in [1.165, 1.54) is 5.56 Å². The van der Waals surface area contributed by atoms with E-state index in [9.17, 15) is 4.79 Å². The zero-order valence-electron chi connectivity index (χ0n) is 13.0. The van der Waals surface area contributed by atoms with Crippen molar-refractivity contribution in [2.24, 2.45) is 5.73 Å². The molecule has 0 spiro atoms. The third-order valence-corrected chi connectivity index (χ3v) is 4.25. The van der Waals surface area contributed by atoms with Gasteiger partial charge in [-0.05, 0) is 38.4 Å². The Balaban J connectivity index is 1.62. The van der Waals surface area contributed by atoms with Crippen molar-refractivity contribution in [3.05, 3.63) is 35.9 Å². The van der Waals surface area contributed by atoms with Crippen LogP contribution in [0.5, 0.6) is 0 Å². The lowest BCUT2D eigenvalue weighted by molar-refractivity contribution is -0.126. The Hall–Kier alpha value is -1.39. The van der Waals surface area contributed by atoms with Crippen molar-refractivity contribution in [1.82, 2.24) is 10.2 Å². The normalized spacial score (nSPS) is 17.1. The molecular weight excluding hydrogens is 262 g/mol. The largest absolute Gasteiger partial charge is 0.354 e. The van der Waals surface area contributed by atoms with Crippen LogP contribution in [-0.2, 0) is 11.3 Å². The first-order chi connectivity index (χ1) is 10.1. The molecule has 1 aromatic rings. The minimum atomic E-state index is -0.601. The van der Waals surface area contributed by atoms with Crippen molar-refractivity contribution in [1.29, 1.82) is 0 Å². The first-order valence-electron chi connectivity index (χ1n) is 7.90. The first kappa shape index (κ1) is 16.0. The van der Waals surface area contributed by atoms with Gasteiger partial charge in [0.05, 0.1) is 5.54 Å². The summed E-state index contributed by atoms with van der Waals surface area (Å²) in [7, 11) is 2.11. The van der Waals surface area contributed by atoms with Crippen molar-refractivity contribution in [3.8, 4) is 0 Å². The number of nitrogens with two attached hydrogens (primary N) is 1. The highest BCUT2D eigenvalue weighted by Gasteiger charge is 2.36. The summed E-state index contributed by atoms with van der Waals surface area (Å²) in [4.78, 5) is 14.3. The minimum Gasteiger partial charge on any atom is -0.354 e. The molecule has 1 fully saturated rings. The monoisotopic (exact) mass is 289 g/mol. The fourth-order valence-corrected chi connectivity index (χ4v) is 2.93. The number of nitrogens with one attached hydrogen (secondary N) is 1. The molecule has 21 heavy (non-hydrogen) atoms. The quantitative estimate of drug-likeness (QED) is 0.754. The number of benzene rings is 1. The molecular formula is C17H27N3O. The molecule has 0 heterocycles. The van der Waals surface area contributed by atoms with Gasteiger partial charge in [-0.2, -0.15) is 0 Å². The van der Waals surface area contributed by atoms with Crippen molar-refractivity contribution in [2.45, 2.75) is 44.2 Å². The van der Waals surface area contributed by atoms with Crippen LogP contribution in [0.2, 0.25) is 0 Å². The third-order valence-electron chi connectivity index (χ3n) is 4.25. The summed E-state index contributed by atoms with van der Waals surface area (Å²) in [6, 6.07) is 10.4. The molecule has 1 aromatic carbocycles. The Morgan fingerprint density at radius 3 is 2.62 bits per heavy atom. The number of hydrogen-bond acceptors (Lipinski definition) is 3. The van der Waals surface area contributed by atoms with Gasteiger partial charge in [-0.3, -0.25) is 4.79 Å². The maximum Gasteiger partial charge on any atom is 0.240 e. The van der Waals surface area contributed by atoms with Crippen molar-refractivity contribution in [3.63, 3.8) is 0 Å². The molecule has 0 unspecified atom stereocenters. The SMILES string of the molecule is CN(CCCNC(=O)C1(N)CCCC1)Cc1ccccc1. The highest BCUT2D eigenvalue weighted by Crippen LogP contribution is 2.27. The molecule has 4 heteroatoms. The summed E-state index contributed by atoms with van der Waals surface area (Å²) in [5.41, 5.74) is 6.84. The number of nitrogens with zero attached hydrogens (tertiary/aromatic N) is 1. The molecule has 1 saturated carbocycles. The van der Waals surface area contributed by atoms with Crippen LogP contribution < -0.4 is 11.1 Å². The second-order valence-corrected chi connectivity index (χ2v) is 6.20. The summed E-state index contributed by atoms with van der Waals surface area (Å²) in [5, 5.41) is 2.99. The zero-order chi connectivity index (χ0) is 15.1.